The van der Waals surface area contributed by atoms with E-state index >= 15 is 0 Å². The van der Waals surface area contributed by atoms with Crippen LogP contribution in [0.3, 0.4) is 0 Å². The fraction of sp³-hybridized carbons (Fsp3) is 0.706. The van der Waals surface area contributed by atoms with Crippen LogP contribution in [0.2, 0.25) is 0 Å². The highest BCUT2D eigenvalue weighted by atomic mass is 19.4. The van der Waals surface area contributed by atoms with Gasteiger partial charge in [-0.15, -0.1) is 0 Å². The molecule has 0 spiro atoms. The van der Waals surface area contributed by atoms with Crippen molar-refractivity contribution >= 4 is 17.7 Å². The van der Waals surface area contributed by atoms with Gasteiger partial charge in [-0.2, -0.15) is 18.2 Å². The summed E-state index contributed by atoms with van der Waals surface area (Å²) in [6.07, 6.45) is -4.86. The summed E-state index contributed by atoms with van der Waals surface area (Å²) in [5.41, 5.74) is -0.429. The minimum atomic E-state index is -4.54. The zero-order valence-electron chi connectivity index (χ0n) is 16.1. The molecule has 2 aliphatic heterocycles. The molecule has 1 aromatic heterocycles. The van der Waals surface area contributed by atoms with E-state index < -0.39 is 30.2 Å². The van der Waals surface area contributed by atoms with E-state index in [-0.39, 0.29) is 25.0 Å². The normalized spacial score (nSPS) is 22.8. The highest BCUT2D eigenvalue weighted by Gasteiger charge is 2.47. The number of carbonyl (C=O) groups excluding carboxylic acids is 1. The van der Waals surface area contributed by atoms with E-state index in [4.69, 9.17) is 4.74 Å². The molecule has 156 valence electrons. The van der Waals surface area contributed by atoms with Crippen LogP contribution in [0, 0.1) is 0 Å². The predicted molar refractivity (Wildman–Crippen MR) is 96.6 cm³/mol. The molecule has 0 saturated carbocycles. The molecule has 0 aliphatic carbocycles. The van der Waals surface area contributed by atoms with Crippen LogP contribution >= 0.6 is 0 Å². The van der Waals surface area contributed by atoms with Crippen LogP contribution in [0.4, 0.5) is 24.9 Å². The van der Waals surface area contributed by atoms with Crippen molar-refractivity contribution in [3.05, 3.63) is 16.4 Å². The highest BCUT2D eigenvalue weighted by Crippen LogP contribution is 2.34. The number of carbonyl (C=O) groups is 1. The molecule has 8 nitrogen and oxygen atoms in total. The first-order valence-electron chi connectivity index (χ1n) is 9.09. The average molecular weight is 403 g/mol. The average Bonchev–Trinajstić information content (AvgIpc) is 2.61. The molecule has 1 fully saturated rings. The Hall–Kier alpha value is -2.30. The first-order valence-corrected chi connectivity index (χ1v) is 9.09. The molecular formula is C17H24F3N5O3. The summed E-state index contributed by atoms with van der Waals surface area (Å²) < 4.78 is 47.5. The first kappa shape index (κ1) is 20.4. The molecule has 3 rings (SSSR count). The van der Waals surface area contributed by atoms with Gasteiger partial charge in [-0.1, -0.05) is 0 Å². The fourth-order valence-corrected chi connectivity index (χ4v) is 3.48. The molecule has 1 aromatic rings. The number of likely N-dealkylation sites (N-methyl/N-ethyl adjacent to an activating group) is 1. The van der Waals surface area contributed by atoms with Crippen molar-refractivity contribution in [2.45, 2.75) is 38.1 Å². The number of hydrogen-bond donors (Lipinski definition) is 0. The Morgan fingerprint density at radius 1 is 1.36 bits per heavy atom. The lowest BCUT2D eigenvalue weighted by Crippen LogP contribution is -2.55. The molecular weight excluding hydrogens is 379 g/mol. The number of halogens is 3. The molecule has 0 aromatic carbocycles. The van der Waals surface area contributed by atoms with Crippen LogP contribution in [0.15, 0.2) is 10.9 Å². The summed E-state index contributed by atoms with van der Waals surface area (Å²) in [6, 6.07) is -0.603. The maximum absolute atomic E-state index is 13.6. The Morgan fingerprint density at radius 3 is 2.68 bits per heavy atom. The van der Waals surface area contributed by atoms with Gasteiger partial charge in [-0.25, -0.2) is 0 Å². The van der Waals surface area contributed by atoms with Crippen LogP contribution in [0.25, 0.3) is 0 Å². The Labute approximate surface area is 160 Å². The van der Waals surface area contributed by atoms with E-state index in [1.54, 1.807) is 0 Å². The number of aromatic nitrogens is 2. The van der Waals surface area contributed by atoms with Crippen molar-refractivity contribution in [3.63, 3.8) is 0 Å². The second-order valence-electron chi connectivity index (χ2n) is 7.28. The zero-order valence-corrected chi connectivity index (χ0v) is 16.1. The lowest BCUT2D eigenvalue weighted by atomic mass is 10.1. The maximum Gasteiger partial charge on any atom is 0.408 e. The summed E-state index contributed by atoms with van der Waals surface area (Å²) in [5.74, 6) is -0.316. The predicted octanol–water partition coefficient (Wildman–Crippen LogP) is 0.698. The van der Waals surface area contributed by atoms with E-state index in [2.05, 4.69) is 4.98 Å². The van der Waals surface area contributed by atoms with Crippen molar-refractivity contribution in [2.75, 3.05) is 50.2 Å². The molecule has 3 heterocycles. The molecule has 0 N–H and O–H groups in total. The van der Waals surface area contributed by atoms with Gasteiger partial charge in [0.2, 0.25) is 11.9 Å². The van der Waals surface area contributed by atoms with Crippen molar-refractivity contribution in [3.8, 4) is 0 Å². The number of amides is 1. The lowest BCUT2D eigenvalue weighted by molar-refractivity contribution is -0.153. The molecule has 11 heteroatoms. The Kier molecular flexibility index (Phi) is 5.55. The number of alkyl halides is 3. The summed E-state index contributed by atoms with van der Waals surface area (Å²) in [5, 5.41) is 0. The largest absolute Gasteiger partial charge is 0.408 e. The van der Waals surface area contributed by atoms with Crippen molar-refractivity contribution < 1.29 is 22.7 Å². The number of hydrogen-bond acceptors (Lipinski definition) is 6. The maximum atomic E-state index is 13.6. The van der Waals surface area contributed by atoms with Gasteiger partial charge in [0.15, 0.2) is 0 Å². The molecule has 0 unspecified atom stereocenters. The fourth-order valence-electron chi connectivity index (χ4n) is 3.48. The van der Waals surface area contributed by atoms with Gasteiger partial charge in [0.1, 0.15) is 18.4 Å². The van der Waals surface area contributed by atoms with Gasteiger partial charge in [0.05, 0.1) is 19.3 Å². The standard InChI is InChI=1S/C17H24F3N5O3/c1-11-10-28-7-6-23(11)13-8-14(26)24-5-4-12(17(18,19)20)25(16(24)21-13)9-15(27)22(2)3/h8,11-12H,4-7,9-10H2,1-3H3/t11-,12+/m1/s1. The first-order chi connectivity index (χ1) is 13.1. The molecule has 28 heavy (non-hydrogen) atoms. The Morgan fingerprint density at radius 2 is 2.07 bits per heavy atom. The van der Waals surface area contributed by atoms with Gasteiger partial charge in [-0.05, 0) is 13.3 Å². The third-order valence-electron chi connectivity index (χ3n) is 5.08. The zero-order chi connectivity index (χ0) is 20.6. The monoisotopic (exact) mass is 403 g/mol. The van der Waals surface area contributed by atoms with Crippen LogP contribution in [-0.4, -0.2) is 79.0 Å². The van der Waals surface area contributed by atoms with E-state index in [0.29, 0.717) is 25.6 Å². The van der Waals surface area contributed by atoms with Gasteiger partial charge < -0.3 is 19.4 Å². The molecule has 1 amide bonds. The van der Waals surface area contributed by atoms with E-state index in [0.717, 1.165) is 4.90 Å². The molecule has 1 saturated heterocycles. The number of morpholine rings is 1. The minimum Gasteiger partial charge on any atom is -0.377 e. The van der Waals surface area contributed by atoms with Crippen LogP contribution < -0.4 is 15.4 Å². The third kappa shape index (κ3) is 3.94. The van der Waals surface area contributed by atoms with Crippen LogP contribution in [0.5, 0.6) is 0 Å². The van der Waals surface area contributed by atoms with E-state index in [9.17, 15) is 22.8 Å². The van der Waals surface area contributed by atoms with Crippen LogP contribution in [0.1, 0.15) is 13.3 Å². The third-order valence-corrected chi connectivity index (χ3v) is 5.08. The van der Waals surface area contributed by atoms with Gasteiger partial charge in [-0.3, -0.25) is 14.2 Å². The summed E-state index contributed by atoms with van der Waals surface area (Å²) in [4.78, 5) is 33.2. The van der Waals surface area contributed by atoms with Crippen LogP contribution in [-0.2, 0) is 16.1 Å². The number of ether oxygens (including phenoxy) is 1. The molecule has 0 bridgehead atoms. The number of nitrogens with zero attached hydrogens (tertiary/aromatic N) is 5. The summed E-state index contributed by atoms with van der Waals surface area (Å²) in [7, 11) is 2.95. The smallest absolute Gasteiger partial charge is 0.377 e. The van der Waals surface area contributed by atoms with Gasteiger partial charge in [0.25, 0.3) is 5.56 Å². The number of anilines is 2. The topological polar surface area (TPSA) is 70.9 Å². The SMILES string of the molecule is C[C@@H]1COCCN1c1cc(=O)n2c(n1)N(CC(=O)N(C)C)[C@H](C(F)(F)F)CC2. The van der Waals surface area contributed by atoms with E-state index in [1.807, 2.05) is 11.8 Å². The quantitative estimate of drug-likeness (QED) is 0.740. The molecule has 2 aliphatic rings. The number of rotatable bonds is 3. The second kappa shape index (κ2) is 7.61. The number of fused-ring (bicyclic) bond motifs is 1. The van der Waals surface area contributed by atoms with Crippen molar-refractivity contribution in [1.29, 1.82) is 0 Å². The van der Waals surface area contributed by atoms with Gasteiger partial charge in [0, 0.05) is 33.3 Å². The molecule has 2 atom stereocenters. The lowest BCUT2D eigenvalue weighted by Gasteiger charge is -2.40. The highest BCUT2D eigenvalue weighted by molar-refractivity contribution is 5.80. The minimum absolute atomic E-state index is 0.0671. The van der Waals surface area contributed by atoms with Crippen molar-refractivity contribution in [2.24, 2.45) is 0 Å². The van der Waals surface area contributed by atoms with Gasteiger partial charge >= 0.3 is 6.18 Å². The summed E-state index contributed by atoms with van der Waals surface area (Å²) in [6.45, 7) is 2.65. The Balaban J connectivity index is 2.06. The Bertz CT molecular complexity index is 795. The summed E-state index contributed by atoms with van der Waals surface area (Å²) >= 11 is 0. The second-order valence-corrected chi connectivity index (χ2v) is 7.28. The van der Waals surface area contributed by atoms with E-state index in [1.165, 1.54) is 29.6 Å². The molecule has 0 radical (unpaired) electrons. The van der Waals surface area contributed by atoms with Crippen molar-refractivity contribution in [1.82, 2.24) is 14.5 Å².